The van der Waals surface area contributed by atoms with Crippen LogP contribution in [0.4, 0.5) is 0 Å². The van der Waals surface area contributed by atoms with Gasteiger partial charge in [0.05, 0.1) is 12.2 Å². The van der Waals surface area contributed by atoms with E-state index in [1.807, 2.05) is 49.5 Å². The molecule has 25 heavy (non-hydrogen) atoms. The van der Waals surface area contributed by atoms with Crippen LogP contribution >= 0.6 is 0 Å². The normalized spacial score (nSPS) is 12.6. The molecule has 0 N–H and O–H groups in total. The van der Waals surface area contributed by atoms with Gasteiger partial charge in [-0.25, -0.2) is 0 Å². The molecule has 2 aromatic carbocycles. The first-order valence-electron chi connectivity index (χ1n) is 8.45. The molecule has 2 unspecified atom stereocenters. The van der Waals surface area contributed by atoms with Gasteiger partial charge in [-0.1, -0.05) is 72.5 Å². The Hall–Kier alpha value is -2.62. The first-order chi connectivity index (χ1) is 12.0. The summed E-state index contributed by atoms with van der Waals surface area (Å²) in [5, 5.41) is 0. The third-order valence-electron chi connectivity index (χ3n) is 3.74. The minimum Gasteiger partial charge on any atom is -0.462 e. The van der Waals surface area contributed by atoms with Crippen LogP contribution in [0.2, 0.25) is 13.1 Å². The lowest BCUT2D eigenvalue weighted by Crippen LogP contribution is -2.31. The number of hydrogen-bond donors (Lipinski definition) is 0. The van der Waals surface area contributed by atoms with Gasteiger partial charge in [-0.3, -0.25) is 0 Å². The van der Waals surface area contributed by atoms with Crippen molar-refractivity contribution in [3.63, 3.8) is 0 Å². The standard InChI is InChI=1S/C22H24O2Si/c1-19(21-11-7-5-8-12-21)15-17-23-25(3,4)24-18-16-20(2)22-13-9-6-10-14-22/h5-14,19-20H,1-4H3. The minimum atomic E-state index is -2.39. The van der Waals surface area contributed by atoms with Gasteiger partial charge in [0.2, 0.25) is 0 Å². The van der Waals surface area contributed by atoms with Crippen molar-refractivity contribution in [3.8, 4) is 24.1 Å². The summed E-state index contributed by atoms with van der Waals surface area (Å²) in [5.41, 5.74) is 2.35. The van der Waals surface area contributed by atoms with E-state index in [9.17, 15) is 0 Å². The van der Waals surface area contributed by atoms with Gasteiger partial charge in [0.25, 0.3) is 0 Å². The lowest BCUT2D eigenvalue weighted by atomic mass is 10.0. The van der Waals surface area contributed by atoms with E-state index < -0.39 is 8.56 Å². The van der Waals surface area contributed by atoms with Crippen molar-refractivity contribution >= 4 is 8.56 Å². The second-order valence-electron chi connectivity index (χ2n) is 6.36. The van der Waals surface area contributed by atoms with Gasteiger partial charge >= 0.3 is 8.56 Å². The SMILES string of the molecule is CC(C#CO[Si](C)(C)OC#CC(C)c1ccccc1)c1ccccc1. The van der Waals surface area contributed by atoms with E-state index in [-0.39, 0.29) is 11.8 Å². The smallest absolute Gasteiger partial charge is 0.462 e. The fourth-order valence-corrected chi connectivity index (χ4v) is 2.80. The highest BCUT2D eigenvalue weighted by Gasteiger charge is 2.27. The third kappa shape index (κ3) is 6.41. The molecule has 2 aromatic rings. The van der Waals surface area contributed by atoms with Crippen LogP contribution in [0.25, 0.3) is 0 Å². The van der Waals surface area contributed by atoms with Gasteiger partial charge in [-0.15, -0.1) is 0 Å². The molecular formula is C22H24O2Si. The molecule has 0 spiro atoms. The molecular weight excluding hydrogens is 324 g/mol. The first kappa shape index (κ1) is 18.7. The fourth-order valence-electron chi connectivity index (χ4n) is 2.15. The van der Waals surface area contributed by atoms with Crippen LogP contribution in [0, 0.1) is 24.1 Å². The summed E-state index contributed by atoms with van der Waals surface area (Å²) < 4.78 is 11.3. The summed E-state index contributed by atoms with van der Waals surface area (Å²) in [7, 11) is -2.39. The predicted octanol–water partition coefficient (Wildman–Crippen LogP) is 5.25. The van der Waals surface area contributed by atoms with Crippen molar-refractivity contribution in [2.45, 2.75) is 38.8 Å². The zero-order chi connectivity index (χ0) is 18.1. The van der Waals surface area contributed by atoms with E-state index in [1.54, 1.807) is 0 Å². The molecule has 0 fully saturated rings. The highest BCUT2D eigenvalue weighted by atomic mass is 28.4. The Morgan fingerprint density at radius 1 is 0.680 bits per heavy atom. The summed E-state index contributed by atoms with van der Waals surface area (Å²) in [6.07, 6.45) is 5.63. The fraction of sp³-hybridized carbons (Fsp3) is 0.273. The van der Waals surface area contributed by atoms with E-state index in [4.69, 9.17) is 8.85 Å². The minimum absolute atomic E-state index is 0.121. The van der Waals surface area contributed by atoms with Crippen molar-refractivity contribution in [1.29, 1.82) is 0 Å². The molecule has 0 aliphatic carbocycles. The van der Waals surface area contributed by atoms with Crippen molar-refractivity contribution in [2.24, 2.45) is 0 Å². The maximum atomic E-state index is 5.66. The molecule has 128 valence electrons. The highest BCUT2D eigenvalue weighted by Crippen LogP contribution is 2.14. The van der Waals surface area contributed by atoms with Crippen LogP contribution in [-0.2, 0) is 8.85 Å². The number of hydrogen-bond acceptors (Lipinski definition) is 2. The third-order valence-corrected chi connectivity index (χ3v) is 4.93. The molecule has 0 aliphatic rings. The van der Waals surface area contributed by atoms with Gasteiger partial charge in [0.15, 0.2) is 0 Å². The van der Waals surface area contributed by atoms with Crippen molar-refractivity contribution in [1.82, 2.24) is 0 Å². The maximum Gasteiger partial charge on any atom is 0.471 e. The van der Waals surface area contributed by atoms with Crippen molar-refractivity contribution in [3.05, 3.63) is 71.8 Å². The molecule has 2 rings (SSSR count). The molecule has 0 radical (unpaired) electrons. The molecule has 0 aromatic heterocycles. The Balaban J connectivity index is 1.88. The Labute approximate surface area is 152 Å². The van der Waals surface area contributed by atoms with E-state index in [0.717, 1.165) is 0 Å². The summed E-state index contributed by atoms with van der Waals surface area (Å²) in [6, 6.07) is 20.3. The van der Waals surface area contributed by atoms with E-state index >= 15 is 0 Å². The lowest BCUT2D eigenvalue weighted by Gasteiger charge is -2.15. The van der Waals surface area contributed by atoms with E-state index in [1.165, 1.54) is 11.1 Å². The van der Waals surface area contributed by atoms with Gasteiger partial charge in [0, 0.05) is 24.9 Å². The van der Waals surface area contributed by atoms with Crippen LogP contribution in [-0.4, -0.2) is 8.56 Å². The summed E-state index contributed by atoms with van der Waals surface area (Å²) in [6.45, 7) is 8.00. The van der Waals surface area contributed by atoms with Gasteiger partial charge in [0.1, 0.15) is 0 Å². The van der Waals surface area contributed by atoms with E-state index in [2.05, 4.69) is 62.2 Å². The molecule has 2 nitrogen and oxygen atoms in total. The largest absolute Gasteiger partial charge is 0.471 e. The number of benzene rings is 2. The second-order valence-corrected chi connectivity index (χ2v) is 9.57. The molecule has 0 amide bonds. The quantitative estimate of drug-likeness (QED) is 0.555. The van der Waals surface area contributed by atoms with Crippen molar-refractivity contribution in [2.75, 3.05) is 0 Å². The predicted molar refractivity (Wildman–Crippen MR) is 105 cm³/mol. The summed E-state index contributed by atoms with van der Waals surface area (Å²) in [4.78, 5) is 0. The Morgan fingerprint density at radius 3 is 1.40 bits per heavy atom. The van der Waals surface area contributed by atoms with Crippen LogP contribution in [0.15, 0.2) is 60.7 Å². The Morgan fingerprint density at radius 2 is 1.04 bits per heavy atom. The average Bonchev–Trinajstić information content (AvgIpc) is 2.62. The molecule has 0 heterocycles. The van der Waals surface area contributed by atoms with Crippen LogP contribution in [0.1, 0.15) is 36.8 Å². The zero-order valence-electron chi connectivity index (χ0n) is 15.2. The maximum absolute atomic E-state index is 5.66. The van der Waals surface area contributed by atoms with E-state index in [0.29, 0.717) is 0 Å². The highest BCUT2D eigenvalue weighted by molar-refractivity contribution is 6.65. The Kier molecular flexibility index (Phi) is 6.75. The zero-order valence-corrected chi connectivity index (χ0v) is 16.2. The summed E-state index contributed by atoms with van der Waals surface area (Å²) in [5.74, 6) is 6.47. The monoisotopic (exact) mass is 348 g/mol. The van der Waals surface area contributed by atoms with Crippen molar-refractivity contribution < 1.29 is 8.85 Å². The van der Waals surface area contributed by atoms with Crippen LogP contribution in [0.3, 0.4) is 0 Å². The van der Waals surface area contributed by atoms with Gasteiger partial charge in [-0.2, -0.15) is 0 Å². The first-order valence-corrected chi connectivity index (χ1v) is 11.3. The lowest BCUT2D eigenvalue weighted by molar-refractivity contribution is 0.354. The molecule has 0 bridgehead atoms. The molecule has 3 heteroatoms. The molecule has 2 atom stereocenters. The van der Waals surface area contributed by atoms with Gasteiger partial charge in [-0.05, 0) is 25.0 Å². The average molecular weight is 349 g/mol. The molecule has 0 aliphatic heterocycles. The topological polar surface area (TPSA) is 18.5 Å². The van der Waals surface area contributed by atoms with Gasteiger partial charge < -0.3 is 8.85 Å². The van der Waals surface area contributed by atoms with Crippen LogP contribution in [0.5, 0.6) is 0 Å². The Bertz CT molecular complexity index is 709. The second kappa shape index (κ2) is 9.02. The summed E-state index contributed by atoms with van der Waals surface area (Å²) >= 11 is 0. The van der Waals surface area contributed by atoms with Crippen LogP contribution < -0.4 is 0 Å². The molecule has 0 saturated carbocycles. The number of rotatable bonds is 4. The molecule has 0 saturated heterocycles.